The highest BCUT2D eigenvalue weighted by molar-refractivity contribution is 6.33. The molecular formula is C13H19ClN2. The van der Waals surface area contributed by atoms with E-state index in [1.54, 1.807) is 0 Å². The van der Waals surface area contributed by atoms with Gasteiger partial charge in [0, 0.05) is 18.8 Å². The fourth-order valence-corrected chi connectivity index (χ4v) is 2.32. The third-order valence-electron chi connectivity index (χ3n) is 3.51. The van der Waals surface area contributed by atoms with E-state index < -0.39 is 0 Å². The fourth-order valence-electron chi connectivity index (χ4n) is 2.17. The molecule has 0 aliphatic carbocycles. The minimum atomic E-state index is 0.661. The van der Waals surface area contributed by atoms with Crippen molar-refractivity contribution in [3.05, 3.63) is 22.7 Å². The van der Waals surface area contributed by atoms with E-state index in [4.69, 9.17) is 17.3 Å². The van der Waals surface area contributed by atoms with Crippen molar-refractivity contribution in [3.63, 3.8) is 0 Å². The van der Waals surface area contributed by atoms with Crippen LogP contribution in [0.4, 0.5) is 11.4 Å². The van der Waals surface area contributed by atoms with Crippen molar-refractivity contribution in [2.45, 2.75) is 20.8 Å². The Hall–Kier alpha value is -0.890. The SMILES string of the molecule is Cc1cc(N)c(Cl)cc1N1CC(C(C)C)C1. The van der Waals surface area contributed by atoms with Crippen molar-refractivity contribution in [1.82, 2.24) is 0 Å². The quantitative estimate of drug-likeness (QED) is 0.801. The van der Waals surface area contributed by atoms with E-state index >= 15 is 0 Å². The van der Waals surface area contributed by atoms with Crippen LogP contribution in [-0.2, 0) is 0 Å². The molecule has 1 aliphatic heterocycles. The van der Waals surface area contributed by atoms with Crippen molar-refractivity contribution in [2.75, 3.05) is 23.7 Å². The number of nitrogen functional groups attached to an aromatic ring is 1. The highest BCUT2D eigenvalue weighted by Gasteiger charge is 2.30. The number of nitrogens with zero attached hydrogens (tertiary/aromatic N) is 1. The zero-order valence-corrected chi connectivity index (χ0v) is 10.9. The van der Waals surface area contributed by atoms with Gasteiger partial charge in [-0.2, -0.15) is 0 Å². The van der Waals surface area contributed by atoms with Crippen LogP contribution in [0, 0.1) is 18.8 Å². The third kappa shape index (κ3) is 1.99. The Bertz CT molecular complexity index is 395. The number of benzene rings is 1. The summed E-state index contributed by atoms with van der Waals surface area (Å²) in [6, 6.07) is 3.95. The van der Waals surface area contributed by atoms with Gasteiger partial charge in [0.15, 0.2) is 0 Å². The summed E-state index contributed by atoms with van der Waals surface area (Å²) >= 11 is 6.06. The van der Waals surface area contributed by atoms with Crippen LogP contribution in [0.2, 0.25) is 5.02 Å². The molecule has 0 atom stereocenters. The Morgan fingerprint density at radius 2 is 2.00 bits per heavy atom. The van der Waals surface area contributed by atoms with Gasteiger partial charge in [-0.25, -0.2) is 0 Å². The zero-order valence-electron chi connectivity index (χ0n) is 10.1. The van der Waals surface area contributed by atoms with Gasteiger partial charge in [-0.05, 0) is 36.5 Å². The smallest absolute Gasteiger partial charge is 0.0656 e. The molecule has 1 aromatic carbocycles. The normalized spacial score (nSPS) is 16.7. The van der Waals surface area contributed by atoms with E-state index in [9.17, 15) is 0 Å². The molecule has 1 fully saturated rings. The summed E-state index contributed by atoms with van der Waals surface area (Å²) < 4.78 is 0. The molecule has 0 spiro atoms. The van der Waals surface area contributed by atoms with Crippen LogP contribution in [0.5, 0.6) is 0 Å². The molecule has 2 rings (SSSR count). The van der Waals surface area contributed by atoms with Crippen LogP contribution < -0.4 is 10.6 Å². The second-order valence-electron chi connectivity index (χ2n) is 5.07. The predicted molar refractivity (Wildman–Crippen MR) is 71.1 cm³/mol. The fraction of sp³-hybridized carbons (Fsp3) is 0.538. The van der Waals surface area contributed by atoms with Crippen molar-refractivity contribution >= 4 is 23.0 Å². The van der Waals surface area contributed by atoms with E-state index in [1.165, 1.54) is 11.3 Å². The summed E-state index contributed by atoms with van der Waals surface area (Å²) in [5.41, 5.74) is 8.89. The third-order valence-corrected chi connectivity index (χ3v) is 3.84. The Morgan fingerprint density at radius 3 is 2.56 bits per heavy atom. The van der Waals surface area contributed by atoms with E-state index in [0.717, 1.165) is 24.9 Å². The van der Waals surface area contributed by atoms with Gasteiger partial charge in [0.2, 0.25) is 0 Å². The lowest BCUT2D eigenvalue weighted by atomic mass is 9.87. The van der Waals surface area contributed by atoms with Crippen molar-refractivity contribution < 1.29 is 0 Å². The molecule has 1 aromatic rings. The van der Waals surface area contributed by atoms with Gasteiger partial charge in [-0.3, -0.25) is 0 Å². The van der Waals surface area contributed by atoms with Gasteiger partial charge in [-0.1, -0.05) is 25.4 Å². The lowest BCUT2D eigenvalue weighted by molar-refractivity contribution is 0.309. The second kappa shape index (κ2) is 4.17. The Labute approximate surface area is 102 Å². The maximum Gasteiger partial charge on any atom is 0.0656 e. The van der Waals surface area contributed by atoms with Crippen molar-refractivity contribution in [2.24, 2.45) is 11.8 Å². The van der Waals surface area contributed by atoms with Crippen molar-refractivity contribution in [1.29, 1.82) is 0 Å². The molecule has 0 unspecified atom stereocenters. The summed E-state index contributed by atoms with van der Waals surface area (Å²) in [6.07, 6.45) is 0. The van der Waals surface area contributed by atoms with Crippen LogP contribution in [0.15, 0.2) is 12.1 Å². The number of hydrogen-bond donors (Lipinski definition) is 1. The average molecular weight is 239 g/mol. The topological polar surface area (TPSA) is 29.3 Å². The van der Waals surface area contributed by atoms with Gasteiger partial charge in [-0.15, -0.1) is 0 Å². The molecule has 1 heterocycles. The lowest BCUT2D eigenvalue weighted by Crippen LogP contribution is -2.49. The predicted octanol–water partition coefficient (Wildman–Crippen LogP) is 3.32. The van der Waals surface area contributed by atoms with E-state index in [0.29, 0.717) is 10.7 Å². The molecule has 1 aliphatic rings. The lowest BCUT2D eigenvalue weighted by Gasteiger charge is -2.44. The van der Waals surface area contributed by atoms with Gasteiger partial charge < -0.3 is 10.6 Å². The van der Waals surface area contributed by atoms with Gasteiger partial charge >= 0.3 is 0 Å². The number of halogens is 1. The molecular weight excluding hydrogens is 220 g/mol. The minimum absolute atomic E-state index is 0.661. The van der Waals surface area contributed by atoms with E-state index in [-0.39, 0.29) is 0 Å². The zero-order chi connectivity index (χ0) is 11.9. The van der Waals surface area contributed by atoms with E-state index in [2.05, 4.69) is 25.7 Å². The summed E-state index contributed by atoms with van der Waals surface area (Å²) in [5, 5.41) is 0.661. The Morgan fingerprint density at radius 1 is 1.38 bits per heavy atom. The molecule has 88 valence electrons. The minimum Gasteiger partial charge on any atom is -0.398 e. The standard InChI is InChI=1S/C13H19ClN2/c1-8(2)10-6-16(7-10)13-5-11(14)12(15)4-9(13)3/h4-5,8,10H,6-7,15H2,1-3H3. The largest absolute Gasteiger partial charge is 0.398 e. The van der Waals surface area contributed by atoms with Gasteiger partial charge in [0.1, 0.15) is 0 Å². The highest BCUT2D eigenvalue weighted by atomic mass is 35.5. The van der Waals surface area contributed by atoms with Crippen LogP contribution in [0.3, 0.4) is 0 Å². The summed E-state index contributed by atoms with van der Waals surface area (Å²) in [7, 11) is 0. The molecule has 0 bridgehead atoms. The number of rotatable bonds is 2. The summed E-state index contributed by atoms with van der Waals surface area (Å²) in [6.45, 7) is 8.93. The molecule has 2 N–H and O–H groups in total. The monoisotopic (exact) mass is 238 g/mol. The maximum absolute atomic E-state index is 6.06. The van der Waals surface area contributed by atoms with Crippen LogP contribution in [0.25, 0.3) is 0 Å². The van der Waals surface area contributed by atoms with Crippen LogP contribution >= 0.6 is 11.6 Å². The Kier molecular flexibility index (Phi) is 3.02. The van der Waals surface area contributed by atoms with Gasteiger partial charge in [0.05, 0.1) is 10.7 Å². The van der Waals surface area contributed by atoms with Crippen LogP contribution in [0.1, 0.15) is 19.4 Å². The average Bonchev–Trinajstić information content (AvgIpc) is 2.10. The highest BCUT2D eigenvalue weighted by Crippen LogP contribution is 2.35. The maximum atomic E-state index is 6.06. The van der Waals surface area contributed by atoms with E-state index in [1.807, 2.05) is 12.1 Å². The first-order chi connectivity index (χ1) is 7.49. The first-order valence-electron chi connectivity index (χ1n) is 5.79. The number of aryl methyl sites for hydroxylation is 1. The second-order valence-corrected chi connectivity index (χ2v) is 5.48. The number of hydrogen-bond acceptors (Lipinski definition) is 2. The summed E-state index contributed by atoms with van der Waals surface area (Å²) in [5.74, 6) is 1.58. The molecule has 0 amide bonds. The molecule has 2 nitrogen and oxygen atoms in total. The molecule has 0 radical (unpaired) electrons. The van der Waals surface area contributed by atoms with Crippen molar-refractivity contribution in [3.8, 4) is 0 Å². The van der Waals surface area contributed by atoms with Crippen LogP contribution in [-0.4, -0.2) is 13.1 Å². The molecule has 0 aromatic heterocycles. The number of nitrogens with two attached hydrogens (primary N) is 1. The van der Waals surface area contributed by atoms with Gasteiger partial charge in [0.25, 0.3) is 0 Å². The first-order valence-corrected chi connectivity index (χ1v) is 6.17. The molecule has 16 heavy (non-hydrogen) atoms. The number of anilines is 2. The molecule has 1 saturated heterocycles. The molecule has 3 heteroatoms. The summed E-state index contributed by atoms with van der Waals surface area (Å²) in [4.78, 5) is 2.38. The molecule has 0 saturated carbocycles. The Balaban J connectivity index is 2.15. The first kappa shape index (κ1) is 11.6.